The van der Waals surface area contributed by atoms with Crippen molar-refractivity contribution in [2.75, 3.05) is 12.4 Å². The molecule has 0 aliphatic rings. The Labute approximate surface area is 144 Å². The lowest BCUT2D eigenvalue weighted by atomic mass is 10.1. The number of carbonyl (C=O) groups excluding carboxylic acids is 1. The largest absolute Gasteiger partial charge is 0.324 e. The number of aromatic nitrogens is 7. The summed E-state index contributed by atoms with van der Waals surface area (Å²) in [4.78, 5) is 18.1. The number of amides is 2. The maximum absolute atomic E-state index is 12.3. The van der Waals surface area contributed by atoms with Crippen molar-refractivity contribution in [2.45, 2.75) is 26.3 Å². The third kappa shape index (κ3) is 4.16. The number of carbonyl (C=O) groups is 1. The van der Waals surface area contributed by atoms with Crippen molar-refractivity contribution >= 4 is 12.0 Å². The lowest BCUT2D eigenvalue weighted by Crippen LogP contribution is -2.31. The van der Waals surface area contributed by atoms with E-state index >= 15 is 0 Å². The van der Waals surface area contributed by atoms with Crippen molar-refractivity contribution in [3.05, 3.63) is 35.7 Å². The fraction of sp³-hybridized carbons (Fsp3) is 0.333. The van der Waals surface area contributed by atoms with Crippen LogP contribution in [0.3, 0.4) is 0 Å². The summed E-state index contributed by atoms with van der Waals surface area (Å²) < 4.78 is 0. The van der Waals surface area contributed by atoms with Gasteiger partial charge in [0, 0.05) is 25.6 Å². The normalized spacial score (nSPS) is 10.6. The summed E-state index contributed by atoms with van der Waals surface area (Å²) in [5, 5.41) is 23.4. The van der Waals surface area contributed by atoms with E-state index in [-0.39, 0.29) is 12.0 Å². The predicted molar refractivity (Wildman–Crippen MR) is 90.5 cm³/mol. The van der Waals surface area contributed by atoms with Gasteiger partial charge in [-0.2, -0.15) is 10.2 Å². The van der Waals surface area contributed by atoms with E-state index < -0.39 is 0 Å². The van der Waals surface area contributed by atoms with E-state index in [1.807, 2.05) is 24.3 Å². The van der Waals surface area contributed by atoms with Crippen LogP contribution in [0.2, 0.25) is 0 Å². The first-order valence-corrected chi connectivity index (χ1v) is 7.92. The quantitative estimate of drug-likeness (QED) is 0.624. The van der Waals surface area contributed by atoms with Gasteiger partial charge in [-0.25, -0.2) is 4.79 Å². The highest BCUT2D eigenvalue weighted by molar-refractivity contribution is 5.87. The van der Waals surface area contributed by atoms with E-state index in [0.717, 1.165) is 29.8 Å². The monoisotopic (exact) mass is 341 g/mol. The molecular weight excluding hydrogens is 322 g/mol. The smallest absolute Gasteiger partial charge is 0.323 e. The van der Waals surface area contributed by atoms with Crippen LogP contribution in [0.4, 0.5) is 10.7 Å². The number of tetrazole rings is 1. The summed E-state index contributed by atoms with van der Waals surface area (Å²) in [7, 11) is 1.70. The number of nitrogens with zero attached hydrogens (tertiary/aromatic N) is 6. The minimum Gasteiger partial charge on any atom is -0.323 e. The topological polar surface area (TPSA) is 128 Å². The van der Waals surface area contributed by atoms with Gasteiger partial charge in [-0.05, 0) is 23.3 Å². The van der Waals surface area contributed by atoms with Crippen molar-refractivity contribution in [1.29, 1.82) is 0 Å². The van der Waals surface area contributed by atoms with E-state index in [4.69, 9.17) is 0 Å². The number of hydrogen-bond acceptors (Lipinski definition) is 6. The molecule has 0 bridgehead atoms. The Morgan fingerprint density at radius 3 is 2.96 bits per heavy atom. The summed E-state index contributed by atoms with van der Waals surface area (Å²) in [6, 6.07) is 7.34. The van der Waals surface area contributed by atoms with Crippen LogP contribution in [-0.2, 0) is 13.0 Å². The number of rotatable bonds is 6. The lowest BCUT2D eigenvalue weighted by Gasteiger charge is -2.17. The molecule has 130 valence electrons. The summed E-state index contributed by atoms with van der Waals surface area (Å²) in [6.07, 6.45) is 1.75. The molecule has 0 unspecified atom stereocenters. The number of aromatic amines is 2. The van der Waals surface area contributed by atoms with Crippen molar-refractivity contribution in [3.8, 4) is 11.4 Å². The van der Waals surface area contributed by atoms with Gasteiger partial charge in [0.2, 0.25) is 11.8 Å². The van der Waals surface area contributed by atoms with Crippen molar-refractivity contribution < 1.29 is 4.79 Å². The molecule has 0 fully saturated rings. The van der Waals surface area contributed by atoms with Crippen molar-refractivity contribution in [3.63, 3.8) is 0 Å². The maximum Gasteiger partial charge on any atom is 0.324 e. The van der Waals surface area contributed by atoms with Gasteiger partial charge in [0.25, 0.3) is 0 Å². The van der Waals surface area contributed by atoms with Gasteiger partial charge in [-0.15, -0.1) is 15.3 Å². The zero-order chi connectivity index (χ0) is 17.6. The Bertz CT molecular complexity index is 827. The Morgan fingerprint density at radius 2 is 2.20 bits per heavy atom. The van der Waals surface area contributed by atoms with Gasteiger partial charge in [0.05, 0.1) is 0 Å². The fourth-order valence-electron chi connectivity index (χ4n) is 2.33. The fourth-order valence-corrected chi connectivity index (χ4v) is 2.33. The Kier molecular flexibility index (Phi) is 4.97. The number of urea groups is 1. The van der Waals surface area contributed by atoms with E-state index in [1.54, 1.807) is 11.9 Å². The number of anilines is 1. The average molecular weight is 341 g/mol. The molecule has 0 atom stereocenters. The molecule has 25 heavy (non-hydrogen) atoms. The molecule has 2 amide bonds. The minimum atomic E-state index is -0.285. The molecule has 0 saturated carbocycles. The molecule has 1 aromatic carbocycles. The Hall–Kier alpha value is -3.30. The zero-order valence-electron chi connectivity index (χ0n) is 14.0. The minimum absolute atomic E-state index is 0.279. The first kappa shape index (κ1) is 16.6. The second kappa shape index (κ2) is 7.51. The molecule has 0 aliphatic heterocycles. The highest BCUT2D eigenvalue weighted by atomic mass is 16.2. The van der Waals surface area contributed by atoms with Crippen LogP contribution < -0.4 is 5.32 Å². The van der Waals surface area contributed by atoms with E-state index in [1.165, 1.54) is 0 Å². The zero-order valence-corrected chi connectivity index (χ0v) is 14.0. The molecule has 0 saturated heterocycles. The molecule has 3 N–H and O–H groups in total. The number of benzene rings is 1. The summed E-state index contributed by atoms with van der Waals surface area (Å²) in [6.45, 7) is 2.47. The summed E-state index contributed by atoms with van der Waals surface area (Å²) in [5.41, 5.74) is 1.78. The van der Waals surface area contributed by atoms with Gasteiger partial charge in [-0.1, -0.05) is 25.1 Å². The van der Waals surface area contributed by atoms with Gasteiger partial charge >= 0.3 is 6.03 Å². The molecule has 0 spiro atoms. The molecule has 2 aromatic heterocycles. The van der Waals surface area contributed by atoms with Crippen LogP contribution in [0.15, 0.2) is 24.3 Å². The standard InChI is InChI=1S/C15H19N9O/c1-3-5-12-16-14(21-18-12)17-15(25)24(2)9-10-6-4-7-11(8-10)13-19-22-23-20-13/h4,6-8H,3,5,9H2,1-2H3,(H,19,20,22,23)(H2,16,17,18,21,25). The van der Waals surface area contributed by atoms with E-state index in [9.17, 15) is 4.79 Å². The molecule has 3 rings (SSSR count). The first-order chi connectivity index (χ1) is 12.2. The highest BCUT2D eigenvalue weighted by Crippen LogP contribution is 2.16. The molecular formula is C15H19N9O. The lowest BCUT2D eigenvalue weighted by molar-refractivity contribution is 0.220. The molecule has 0 aliphatic carbocycles. The van der Waals surface area contributed by atoms with Crippen LogP contribution in [-0.4, -0.2) is 53.8 Å². The number of nitrogens with one attached hydrogen (secondary N) is 3. The summed E-state index contributed by atoms with van der Waals surface area (Å²) in [5.74, 6) is 1.55. The van der Waals surface area contributed by atoms with Crippen molar-refractivity contribution in [2.24, 2.45) is 0 Å². The van der Waals surface area contributed by atoms with Crippen LogP contribution in [0, 0.1) is 0 Å². The molecule has 10 heteroatoms. The summed E-state index contributed by atoms with van der Waals surface area (Å²) >= 11 is 0. The van der Waals surface area contributed by atoms with Gasteiger partial charge in [0.15, 0.2) is 0 Å². The first-order valence-electron chi connectivity index (χ1n) is 7.92. The van der Waals surface area contributed by atoms with Crippen LogP contribution in [0.25, 0.3) is 11.4 Å². The maximum atomic E-state index is 12.3. The van der Waals surface area contributed by atoms with Gasteiger partial charge in [0.1, 0.15) is 5.82 Å². The second-order valence-electron chi connectivity index (χ2n) is 5.58. The van der Waals surface area contributed by atoms with E-state index in [2.05, 4.69) is 48.0 Å². The van der Waals surface area contributed by atoms with E-state index in [0.29, 0.717) is 12.4 Å². The molecule has 10 nitrogen and oxygen atoms in total. The molecule has 3 aromatic rings. The van der Waals surface area contributed by atoms with Crippen LogP contribution in [0.1, 0.15) is 24.7 Å². The predicted octanol–water partition coefficient (Wildman–Crippen LogP) is 1.60. The molecule has 0 radical (unpaired) electrons. The third-order valence-corrected chi connectivity index (χ3v) is 3.53. The van der Waals surface area contributed by atoms with Crippen LogP contribution >= 0.6 is 0 Å². The van der Waals surface area contributed by atoms with Crippen molar-refractivity contribution in [1.82, 2.24) is 40.7 Å². The van der Waals surface area contributed by atoms with Gasteiger partial charge < -0.3 is 4.90 Å². The second-order valence-corrected chi connectivity index (χ2v) is 5.58. The number of H-pyrrole nitrogens is 2. The molecule has 2 heterocycles. The third-order valence-electron chi connectivity index (χ3n) is 3.53. The van der Waals surface area contributed by atoms with Crippen LogP contribution in [0.5, 0.6) is 0 Å². The Morgan fingerprint density at radius 1 is 1.32 bits per heavy atom. The van der Waals surface area contributed by atoms with Gasteiger partial charge in [-0.3, -0.25) is 10.4 Å². The average Bonchev–Trinajstić information content (AvgIpc) is 3.27. The Balaban J connectivity index is 1.62. The number of hydrogen-bond donors (Lipinski definition) is 3. The highest BCUT2D eigenvalue weighted by Gasteiger charge is 2.13. The number of aryl methyl sites for hydroxylation is 1. The SMILES string of the molecule is CCCc1nc(NC(=O)N(C)Cc2cccc(-c3nn[nH]n3)c2)n[nH]1.